The van der Waals surface area contributed by atoms with Crippen LogP contribution in [0.15, 0.2) is 59.4 Å². The summed E-state index contributed by atoms with van der Waals surface area (Å²) in [6.07, 6.45) is 2.05. The highest BCUT2D eigenvalue weighted by Gasteiger charge is 2.22. The second-order valence-electron chi connectivity index (χ2n) is 7.80. The number of nitrogens with zero attached hydrogens (tertiary/aromatic N) is 2. The number of aromatic nitrogens is 2. The number of hydrogen-bond donors (Lipinski definition) is 1. The van der Waals surface area contributed by atoms with Gasteiger partial charge in [-0.05, 0) is 31.0 Å². The van der Waals surface area contributed by atoms with Crippen molar-refractivity contribution in [2.75, 3.05) is 13.2 Å². The third kappa shape index (κ3) is 2.44. The van der Waals surface area contributed by atoms with Gasteiger partial charge in [-0.1, -0.05) is 36.4 Å². The van der Waals surface area contributed by atoms with Crippen LogP contribution < -0.4 is 10.9 Å². The molecule has 1 amide bonds. The number of carbonyl (C=O) groups excluding carboxylic acids is 1. The van der Waals surface area contributed by atoms with E-state index in [1.807, 2.05) is 48.5 Å². The molecule has 0 unspecified atom stereocenters. The molecule has 0 aliphatic carbocycles. The number of hydrogen-bond acceptors (Lipinski definition) is 4. The number of carbonyl (C=O) groups is 1. The molecule has 2 aromatic carbocycles. The number of nitrogens with one attached hydrogen (secondary N) is 1. The van der Waals surface area contributed by atoms with E-state index in [2.05, 4.69) is 5.32 Å². The monoisotopic (exact) mass is 397 g/mol. The molecule has 0 bridgehead atoms. The minimum atomic E-state index is -0.227. The maximum absolute atomic E-state index is 13.3. The topological polar surface area (TPSA) is 72.7 Å². The Kier molecular flexibility index (Phi) is 3.76. The largest absolute Gasteiger partial charge is 0.376 e. The number of para-hydroxylation sites is 1. The summed E-state index contributed by atoms with van der Waals surface area (Å²) in [4.78, 5) is 30.9. The molecule has 0 saturated carbocycles. The standard InChI is InChI=1S/C24H19N3O3/c28-23(25-13-14-6-5-11-30-14)19-12-18-15-7-3-4-10-20(15)27-22(18)21(26-19)16-8-1-2-9-17(16)24(27)29/h1-4,7-10,12,14H,5-6,11,13H2,(H,25,28)/t14-/m0/s1. The van der Waals surface area contributed by atoms with E-state index in [1.54, 1.807) is 10.5 Å². The first-order valence-electron chi connectivity index (χ1n) is 10.2. The van der Waals surface area contributed by atoms with Crippen LogP contribution in [0, 0.1) is 0 Å². The number of benzene rings is 2. The summed E-state index contributed by atoms with van der Waals surface area (Å²) in [6, 6.07) is 17.0. The lowest BCUT2D eigenvalue weighted by Gasteiger charge is -2.11. The van der Waals surface area contributed by atoms with Gasteiger partial charge >= 0.3 is 0 Å². The quantitative estimate of drug-likeness (QED) is 0.473. The van der Waals surface area contributed by atoms with Gasteiger partial charge in [-0.2, -0.15) is 0 Å². The van der Waals surface area contributed by atoms with Crippen LogP contribution in [0.5, 0.6) is 0 Å². The smallest absolute Gasteiger partial charge is 0.270 e. The van der Waals surface area contributed by atoms with E-state index < -0.39 is 0 Å². The van der Waals surface area contributed by atoms with Crippen molar-refractivity contribution in [2.24, 2.45) is 0 Å². The van der Waals surface area contributed by atoms with Crippen LogP contribution in [-0.4, -0.2) is 34.5 Å². The van der Waals surface area contributed by atoms with Crippen LogP contribution in [0.3, 0.4) is 0 Å². The van der Waals surface area contributed by atoms with Crippen molar-refractivity contribution in [3.63, 3.8) is 0 Å². The molecule has 5 aromatic rings. The van der Waals surface area contributed by atoms with Crippen LogP contribution in [-0.2, 0) is 4.74 Å². The number of fused-ring (bicyclic) bond motifs is 5. The molecule has 0 spiro atoms. The lowest BCUT2D eigenvalue weighted by atomic mass is 10.1. The molecule has 6 rings (SSSR count). The summed E-state index contributed by atoms with van der Waals surface area (Å²) < 4.78 is 7.33. The first-order chi connectivity index (χ1) is 14.7. The van der Waals surface area contributed by atoms with Gasteiger partial charge in [0.15, 0.2) is 0 Å². The molecule has 1 aliphatic rings. The zero-order chi connectivity index (χ0) is 20.2. The lowest BCUT2D eigenvalue weighted by Crippen LogP contribution is -2.32. The van der Waals surface area contributed by atoms with E-state index in [1.165, 1.54) is 0 Å². The fourth-order valence-corrected chi connectivity index (χ4v) is 4.60. The maximum atomic E-state index is 13.3. The highest BCUT2D eigenvalue weighted by atomic mass is 16.5. The molecule has 30 heavy (non-hydrogen) atoms. The molecule has 1 atom stereocenters. The highest BCUT2D eigenvalue weighted by Crippen LogP contribution is 2.33. The second-order valence-corrected chi connectivity index (χ2v) is 7.80. The van der Waals surface area contributed by atoms with E-state index in [-0.39, 0.29) is 17.6 Å². The Balaban J connectivity index is 1.63. The Labute approximate surface area is 171 Å². The highest BCUT2D eigenvalue weighted by molar-refractivity contribution is 6.20. The van der Waals surface area contributed by atoms with E-state index in [0.29, 0.717) is 23.1 Å². The average molecular weight is 397 g/mol. The zero-order valence-electron chi connectivity index (χ0n) is 16.2. The predicted octanol–water partition coefficient (Wildman–Crippen LogP) is 3.50. The Bertz CT molecular complexity index is 1500. The van der Waals surface area contributed by atoms with Crippen molar-refractivity contribution < 1.29 is 9.53 Å². The molecule has 4 heterocycles. The molecule has 1 fully saturated rings. The van der Waals surface area contributed by atoms with Gasteiger partial charge in [0.2, 0.25) is 0 Å². The van der Waals surface area contributed by atoms with Crippen molar-refractivity contribution in [3.05, 3.63) is 70.6 Å². The molecule has 1 aliphatic heterocycles. The summed E-state index contributed by atoms with van der Waals surface area (Å²) in [7, 11) is 0. The first-order valence-corrected chi connectivity index (χ1v) is 10.2. The van der Waals surface area contributed by atoms with Gasteiger partial charge in [0, 0.05) is 34.7 Å². The molecular formula is C24H19N3O3. The number of ether oxygens (including phenoxy) is 1. The maximum Gasteiger partial charge on any atom is 0.270 e. The van der Waals surface area contributed by atoms with Gasteiger partial charge < -0.3 is 10.1 Å². The van der Waals surface area contributed by atoms with E-state index >= 15 is 0 Å². The van der Waals surface area contributed by atoms with Crippen molar-refractivity contribution in [1.82, 2.24) is 14.7 Å². The molecule has 6 heteroatoms. The van der Waals surface area contributed by atoms with Crippen LogP contribution in [0.4, 0.5) is 0 Å². The fourth-order valence-electron chi connectivity index (χ4n) is 4.60. The van der Waals surface area contributed by atoms with E-state index in [4.69, 9.17) is 9.72 Å². The minimum absolute atomic E-state index is 0.0660. The summed E-state index contributed by atoms with van der Waals surface area (Å²) in [5.41, 5.74) is 2.54. The molecule has 6 nitrogen and oxygen atoms in total. The third-order valence-electron chi connectivity index (χ3n) is 6.01. The number of rotatable bonds is 3. The van der Waals surface area contributed by atoms with Crippen LogP contribution in [0.2, 0.25) is 0 Å². The molecular weight excluding hydrogens is 378 g/mol. The SMILES string of the molecule is O=C(NC[C@@H]1CCCO1)c1cc2c3ccccc3n3c(=O)c4ccccc4c(n1)c23. The average Bonchev–Trinajstić information content (AvgIpc) is 3.42. The van der Waals surface area contributed by atoms with Crippen molar-refractivity contribution in [2.45, 2.75) is 18.9 Å². The van der Waals surface area contributed by atoms with Crippen LogP contribution in [0.1, 0.15) is 23.3 Å². The van der Waals surface area contributed by atoms with Gasteiger partial charge in [0.25, 0.3) is 11.5 Å². The lowest BCUT2D eigenvalue weighted by molar-refractivity contribution is 0.0854. The van der Waals surface area contributed by atoms with Crippen LogP contribution in [0.25, 0.3) is 38.1 Å². The molecule has 0 radical (unpaired) electrons. The summed E-state index contributed by atoms with van der Waals surface area (Å²) in [5.74, 6) is -0.227. The Morgan fingerprint density at radius 3 is 2.63 bits per heavy atom. The Morgan fingerprint density at radius 2 is 1.83 bits per heavy atom. The van der Waals surface area contributed by atoms with Crippen molar-refractivity contribution in [1.29, 1.82) is 0 Å². The second kappa shape index (κ2) is 6.50. The third-order valence-corrected chi connectivity index (χ3v) is 6.01. The predicted molar refractivity (Wildman–Crippen MR) is 116 cm³/mol. The van der Waals surface area contributed by atoms with Crippen molar-refractivity contribution in [3.8, 4) is 0 Å². The summed E-state index contributed by atoms with van der Waals surface area (Å²) >= 11 is 0. The molecule has 1 saturated heterocycles. The minimum Gasteiger partial charge on any atom is -0.376 e. The van der Waals surface area contributed by atoms with E-state index in [9.17, 15) is 9.59 Å². The number of pyridine rings is 2. The van der Waals surface area contributed by atoms with Crippen LogP contribution >= 0.6 is 0 Å². The van der Waals surface area contributed by atoms with Gasteiger partial charge in [-0.15, -0.1) is 0 Å². The normalized spacial score (nSPS) is 16.9. The molecule has 1 N–H and O–H groups in total. The Morgan fingerprint density at radius 1 is 1.07 bits per heavy atom. The zero-order valence-corrected chi connectivity index (χ0v) is 16.2. The van der Waals surface area contributed by atoms with Gasteiger partial charge in [-0.3, -0.25) is 14.0 Å². The van der Waals surface area contributed by atoms with E-state index in [0.717, 1.165) is 46.6 Å². The first kappa shape index (κ1) is 17.4. The summed E-state index contributed by atoms with van der Waals surface area (Å²) in [6.45, 7) is 1.23. The van der Waals surface area contributed by atoms with Gasteiger partial charge in [-0.25, -0.2) is 4.98 Å². The Hall–Kier alpha value is -3.51. The molecule has 3 aromatic heterocycles. The van der Waals surface area contributed by atoms with Gasteiger partial charge in [0.1, 0.15) is 5.69 Å². The molecule has 148 valence electrons. The van der Waals surface area contributed by atoms with Crippen molar-refractivity contribution >= 4 is 44.0 Å². The fraction of sp³-hybridized carbons (Fsp3) is 0.208. The number of amides is 1. The summed E-state index contributed by atoms with van der Waals surface area (Å²) in [5, 5.41) is 6.11. The van der Waals surface area contributed by atoms with Gasteiger partial charge in [0.05, 0.1) is 22.7 Å².